The van der Waals surface area contributed by atoms with Crippen LogP contribution in [0.3, 0.4) is 0 Å². The van der Waals surface area contributed by atoms with Crippen molar-refractivity contribution in [3.8, 4) is 0 Å². The minimum absolute atomic E-state index is 0.0457. The Hall–Kier alpha value is -1.96. The quantitative estimate of drug-likeness (QED) is 0.637. The van der Waals surface area contributed by atoms with Crippen LogP contribution in [0.4, 0.5) is 0 Å². The summed E-state index contributed by atoms with van der Waals surface area (Å²) in [4.78, 5) is 23.2. The zero-order valence-electron chi connectivity index (χ0n) is 7.99. The number of carbonyl (C=O) groups excluding carboxylic acids is 2. The van der Waals surface area contributed by atoms with E-state index in [1.54, 1.807) is 6.08 Å². The molecule has 0 bridgehead atoms. The van der Waals surface area contributed by atoms with Crippen LogP contribution < -0.4 is 0 Å². The number of Topliss-reactive ketones (excluding diaryl/α,β-unsaturated/α-hetero) is 1. The van der Waals surface area contributed by atoms with Gasteiger partial charge in [0.1, 0.15) is 0 Å². The number of hydrogen-bond acceptors (Lipinski definition) is 2. The normalized spacial score (nSPS) is 18.1. The van der Waals surface area contributed by atoms with Gasteiger partial charge in [-0.2, -0.15) is 0 Å². The molecule has 0 unspecified atom stereocenters. The van der Waals surface area contributed by atoms with Crippen molar-refractivity contribution in [3.05, 3.63) is 53.1 Å². The second-order valence-electron chi connectivity index (χ2n) is 3.74. The van der Waals surface area contributed by atoms with Crippen LogP contribution in [-0.4, -0.2) is 11.6 Å². The van der Waals surface area contributed by atoms with Crippen LogP contribution in [0.25, 0.3) is 5.57 Å². The summed E-state index contributed by atoms with van der Waals surface area (Å²) in [7, 11) is 0. The van der Waals surface area contributed by atoms with Gasteiger partial charge in [-0.05, 0) is 23.3 Å². The first-order chi connectivity index (χ1) is 7.27. The smallest absolute Gasteiger partial charge is 0.193 e. The predicted octanol–water partition coefficient (Wildman–Crippen LogP) is 2.17. The number of benzene rings is 1. The second-order valence-corrected chi connectivity index (χ2v) is 3.74. The summed E-state index contributed by atoms with van der Waals surface area (Å²) >= 11 is 0. The first-order valence-electron chi connectivity index (χ1n) is 4.85. The summed E-state index contributed by atoms with van der Waals surface area (Å²) in [6.45, 7) is 0. The molecule has 0 radical (unpaired) electrons. The van der Waals surface area contributed by atoms with Gasteiger partial charge in [-0.3, -0.25) is 9.59 Å². The fraction of sp³-hybridized carbons (Fsp3) is 0.0769. The summed E-state index contributed by atoms with van der Waals surface area (Å²) in [6.07, 6.45) is 3.49. The molecule has 0 saturated heterocycles. The molecule has 72 valence electrons. The van der Waals surface area contributed by atoms with Crippen molar-refractivity contribution >= 4 is 17.1 Å². The van der Waals surface area contributed by atoms with Gasteiger partial charge < -0.3 is 0 Å². The Morgan fingerprint density at radius 2 is 1.67 bits per heavy atom. The van der Waals surface area contributed by atoms with Crippen LogP contribution in [0.5, 0.6) is 0 Å². The van der Waals surface area contributed by atoms with Crippen LogP contribution >= 0.6 is 0 Å². The van der Waals surface area contributed by atoms with E-state index in [4.69, 9.17) is 0 Å². The maximum absolute atomic E-state index is 11.9. The van der Waals surface area contributed by atoms with Gasteiger partial charge in [0.2, 0.25) is 0 Å². The molecule has 0 aliphatic heterocycles. The largest absolute Gasteiger partial charge is 0.294 e. The Morgan fingerprint density at radius 1 is 0.933 bits per heavy atom. The average molecular weight is 196 g/mol. The highest BCUT2D eigenvalue weighted by Gasteiger charge is 2.30. The number of hydrogen-bond donors (Lipinski definition) is 0. The first-order valence-corrected chi connectivity index (χ1v) is 4.85. The molecular formula is C13H8O2. The van der Waals surface area contributed by atoms with Crippen LogP contribution in [0.2, 0.25) is 0 Å². The maximum Gasteiger partial charge on any atom is 0.193 e. The maximum atomic E-state index is 11.9. The average Bonchev–Trinajstić information content (AvgIpc) is 2.54. The van der Waals surface area contributed by atoms with Gasteiger partial charge >= 0.3 is 0 Å². The van der Waals surface area contributed by atoms with Gasteiger partial charge in [0.05, 0.1) is 0 Å². The van der Waals surface area contributed by atoms with Crippen molar-refractivity contribution in [2.24, 2.45) is 0 Å². The molecule has 1 aromatic rings. The fourth-order valence-corrected chi connectivity index (χ4v) is 2.15. The Labute approximate surface area is 86.9 Å². The highest BCUT2D eigenvalue weighted by atomic mass is 16.1. The molecule has 2 nitrogen and oxygen atoms in total. The molecule has 3 rings (SSSR count). The second kappa shape index (κ2) is 2.76. The summed E-state index contributed by atoms with van der Waals surface area (Å²) in [5.41, 5.74) is 3.23. The van der Waals surface area contributed by atoms with Crippen molar-refractivity contribution in [3.63, 3.8) is 0 Å². The summed E-state index contributed by atoms with van der Waals surface area (Å²) in [5, 5.41) is 0. The van der Waals surface area contributed by atoms with E-state index in [1.807, 2.05) is 24.3 Å². The molecule has 0 fully saturated rings. The van der Waals surface area contributed by atoms with E-state index < -0.39 is 0 Å². The van der Waals surface area contributed by atoms with E-state index >= 15 is 0 Å². The van der Waals surface area contributed by atoms with Gasteiger partial charge in [-0.1, -0.05) is 24.3 Å². The van der Waals surface area contributed by atoms with Crippen LogP contribution in [0.1, 0.15) is 22.3 Å². The third kappa shape index (κ3) is 1.05. The van der Waals surface area contributed by atoms with Crippen molar-refractivity contribution < 1.29 is 9.59 Å². The van der Waals surface area contributed by atoms with E-state index in [9.17, 15) is 9.59 Å². The monoisotopic (exact) mass is 196 g/mol. The van der Waals surface area contributed by atoms with Gasteiger partial charge in [-0.15, -0.1) is 0 Å². The van der Waals surface area contributed by atoms with Gasteiger partial charge in [-0.25, -0.2) is 0 Å². The molecule has 0 N–H and O–H groups in total. The fourth-order valence-electron chi connectivity index (χ4n) is 2.15. The third-order valence-corrected chi connectivity index (χ3v) is 2.85. The standard InChI is InChI=1S/C13H8O2/c14-8-5-6-11-12(7-8)9-3-1-2-4-10(9)13(11)15/h1-6H,7H2. The minimum atomic E-state index is 0.0457. The van der Waals surface area contributed by atoms with Crippen molar-refractivity contribution in [2.75, 3.05) is 0 Å². The Morgan fingerprint density at radius 3 is 2.47 bits per heavy atom. The lowest BCUT2D eigenvalue weighted by Gasteiger charge is -2.06. The number of allylic oxidation sites excluding steroid dienone is 4. The topological polar surface area (TPSA) is 34.1 Å². The highest BCUT2D eigenvalue weighted by molar-refractivity contribution is 6.25. The molecule has 1 aromatic carbocycles. The molecule has 0 saturated carbocycles. The Bertz CT molecular complexity index is 547. The van der Waals surface area contributed by atoms with E-state index in [0.717, 1.165) is 16.7 Å². The molecule has 15 heavy (non-hydrogen) atoms. The molecule has 2 heteroatoms. The van der Waals surface area contributed by atoms with E-state index in [-0.39, 0.29) is 11.6 Å². The lowest BCUT2D eigenvalue weighted by atomic mass is 9.96. The lowest BCUT2D eigenvalue weighted by Crippen LogP contribution is -2.02. The van der Waals surface area contributed by atoms with Crippen LogP contribution in [0.15, 0.2) is 42.0 Å². The summed E-state index contributed by atoms with van der Waals surface area (Å²) in [6, 6.07) is 7.46. The van der Waals surface area contributed by atoms with Gasteiger partial charge in [0.15, 0.2) is 11.6 Å². The molecular weight excluding hydrogens is 188 g/mol. The Kier molecular flexibility index (Phi) is 1.54. The summed E-state index contributed by atoms with van der Waals surface area (Å²) in [5.74, 6) is 0.114. The molecule has 0 amide bonds. The van der Waals surface area contributed by atoms with E-state index in [0.29, 0.717) is 12.0 Å². The molecule has 0 spiro atoms. The molecule has 2 aliphatic carbocycles. The zero-order valence-corrected chi connectivity index (χ0v) is 7.99. The number of ketones is 2. The number of carbonyl (C=O) groups is 2. The first kappa shape index (κ1) is 8.36. The number of fused-ring (bicyclic) bond motifs is 2. The molecule has 0 heterocycles. The highest BCUT2D eigenvalue weighted by Crippen LogP contribution is 2.37. The van der Waals surface area contributed by atoms with Gasteiger partial charge in [0.25, 0.3) is 0 Å². The minimum Gasteiger partial charge on any atom is -0.294 e. The van der Waals surface area contributed by atoms with E-state index in [2.05, 4.69) is 0 Å². The molecule has 2 aliphatic rings. The third-order valence-electron chi connectivity index (χ3n) is 2.85. The molecule has 0 aromatic heterocycles. The van der Waals surface area contributed by atoms with Crippen molar-refractivity contribution in [1.82, 2.24) is 0 Å². The Balaban J connectivity index is 2.26. The SMILES string of the molecule is O=C1C=CC2=C(C1)c1ccccc1C2=O. The van der Waals surface area contributed by atoms with Crippen LogP contribution in [0, 0.1) is 0 Å². The van der Waals surface area contributed by atoms with Crippen molar-refractivity contribution in [2.45, 2.75) is 6.42 Å². The van der Waals surface area contributed by atoms with Crippen molar-refractivity contribution in [1.29, 1.82) is 0 Å². The van der Waals surface area contributed by atoms with E-state index in [1.165, 1.54) is 6.08 Å². The van der Waals surface area contributed by atoms with Gasteiger partial charge in [0, 0.05) is 17.6 Å². The predicted molar refractivity (Wildman–Crippen MR) is 56.5 cm³/mol. The number of rotatable bonds is 0. The molecule has 0 atom stereocenters. The van der Waals surface area contributed by atoms with Crippen LogP contribution in [-0.2, 0) is 4.79 Å². The lowest BCUT2D eigenvalue weighted by molar-refractivity contribution is -0.113. The summed E-state index contributed by atoms with van der Waals surface area (Å²) < 4.78 is 0. The zero-order chi connectivity index (χ0) is 10.4.